The molecule has 0 aliphatic rings. The van der Waals surface area contributed by atoms with Gasteiger partial charge in [-0.15, -0.1) is 0 Å². The van der Waals surface area contributed by atoms with E-state index in [1.54, 1.807) is 0 Å². The standard InChI is InChI=1S/C10H16N2O8.Y/c13-7(14)3-11(4-8(15)16)1-2-12(5-9(17)18)6-10(19)20;/h1-6H2,(H,13,14)(H,15,16)(H,17,18)(H,19,20);/q;+3. The van der Waals surface area contributed by atoms with E-state index in [9.17, 15) is 19.2 Å². The van der Waals surface area contributed by atoms with E-state index >= 15 is 0 Å². The number of hydrogen-bond donors (Lipinski definition) is 4. The summed E-state index contributed by atoms with van der Waals surface area (Å²) in [5.74, 6) is -4.91. The molecule has 0 radical (unpaired) electrons. The fourth-order valence-electron chi connectivity index (χ4n) is 1.48. The van der Waals surface area contributed by atoms with Gasteiger partial charge in [-0.25, -0.2) is 0 Å². The van der Waals surface area contributed by atoms with Crippen LogP contribution in [0.2, 0.25) is 0 Å². The Hall–Kier alpha value is -1.10. The van der Waals surface area contributed by atoms with E-state index in [0.29, 0.717) is 0 Å². The summed E-state index contributed by atoms with van der Waals surface area (Å²) in [5, 5.41) is 34.5. The fourth-order valence-corrected chi connectivity index (χ4v) is 1.48. The summed E-state index contributed by atoms with van der Waals surface area (Å²) >= 11 is 0. The van der Waals surface area contributed by atoms with Crippen molar-refractivity contribution in [2.24, 2.45) is 0 Å². The van der Waals surface area contributed by atoms with Gasteiger partial charge in [-0.1, -0.05) is 0 Å². The van der Waals surface area contributed by atoms with Crippen LogP contribution in [0.25, 0.3) is 0 Å². The van der Waals surface area contributed by atoms with Crippen LogP contribution in [0.4, 0.5) is 0 Å². The first-order valence-corrected chi connectivity index (χ1v) is 5.52. The van der Waals surface area contributed by atoms with Crippen LogP contribution in [0, 0.1) is 0 Å². The molecule has 10 nitrogen and oxygen atoms in total. The van der Waals surface area contributed by atoms with Crippen molar-refractivity contribution in [2.45, 2.75) is 0 Å². The van der Waals surface area contributed by atoms with E-state index in [1.807, 2.05) is 0 Å². The first-order valence-electron chi connectivity index (χ1n) is 5.52. The Morgan fingerprint density at radius 2 is 0.762 bits per heavy atom. The summed E-state index contributed by atoms with van der Waals surface area (Å²) in [4.78, 5) is 44.4. The minimum atomic E-state index is -1.23. The number of rotatable bonds is 11. The maximum Gasteiger partial charge on any atom is 3.00 e. The molecule has 0 amide bonds. The number of aliphatic carboxylic acids is 4. The summed E-state index contributed by atoms with van der Waals surface area (Å²) in [7, 11) is 0. The summed E-state index contributed by atoms with van der Waals surface area (Å²) in [6, 6.07) is 0. The molecule has 11 heteroatoms. The van der Waals surface area contributed by atoms with E-state index < -0.39 is 50.1 Å². The SMILES string of the molecule is O=C(O)CN(CCN(CC(=O)O)CC(=O)O)CC(=O)O.[Y+3]. The Balaban J connectivity index is 0. The molecule has 0 aromatic heterocycles. The fraction of sp³-hybridized carbons (Fsp3) is 0.600. The van der Waals surface area contributed by atoms with Crippen molar-refractivity contribution < 1.29 is 72.3 Å². The van der Waals surface area contributed by atoms with Gasteiger partial charge in [-0.05, 0) is 0 Å². The van der Waals surface area contributed by atoms with Crippen LogP contribution in [-0.2, 0) is 51.9 Å². The third kappa shape index (κ3) is 13.6. The van der Waals surface area contributed by atoms with Crippen LogP contribution >= 0.6 is 0 Å². The van der Waals surface area contributed by atoms with Crippen molar-refractivity contribution in [3.63, 3.8) is 0 Å². The molecule has 0 aliphatic heterocycles. The van der Waals surface area contributed by atoms with E-state index in [1.165, 1.54) is 0 Å². The zero-order valence-corrected chi connectivity index (χ0v) is 14.0. The number of hydrogen-bond acceptors (Lipinski definition) is 6. The zero-order valence-electron chi connectivity index (χ0n) is 11.1. The normalized spacial score (nSPS) is 10.2. The molecule has 0 atom stereocenters. The van der Waals surface area contributed by atoms with Crippen LogP contribution in [0.15, 0.2) is 0 Å². The Morgan fingerprint density at radius 3 is 0.905 bits per heavy atom. The van der Waals surface area contributed by atoms with Crippen LogP contribution in [0.1, 0.15) is 0 Å². The van der Waals surface area contributed by atoms with Crippen molar-refractivity contribution >= 4 is 23.9 Å². The molecule has 0 unspecified atom stereocenters. The van der Waals surface area contributed by atoms with Gasteiger partial charge in [0.05, 0.1) is 26.2 Å². The number of carboxylic acid groups (broad SMARTS) is 4. The van der Waals surface area contributed by atoms with Crippen LogP contribution < -0.4 is 0 Å². The molecule has 0 spiro atoms. The van der Waals surface area contributed by atoms with Gasteiger partial charge in [0.25, 0.3) is 0 Å². The molecule has 0 saturated heterocycles. The second kappa shape index (κ2) is 11.6. The van der Waals surface area contributed by atoms with Gasteiger partial charge in [-0.3, -0.25) is 29.0 Å². The van der Waals surface area contributed by atoms with Crippen molar-refractivity contribution in [3.8, 4) is 0 Å². The third-order valence-electron chi connectivity index (χ3n) is 2.17. The van der Waals surface area contributed by atoms with Gasteiger partial charge >= 0.3 is 56.6 Å². The van der Waals surface area contributed by atoms with E-state index in [2.05, 4.69) is 0 Å². The molecular formula is C10H16N2O8Y+3. The zero-order chi connectivity index (χ0) is 15.7. The Labute approximate surface area is 145 Å². The summed E-state index contributed by atoms with van der Waals surface area (Å²) in [6.07, 6.45) is 0. The number of carboxylic acids is 4. The van der Waals surface area contributed by atoms with Gasteiger partial charge in [-0.2, -0.15) is 0 Å². The molecule has 114 valence electrons. The molecule has 0 aromatic carbocycles. The van der Waals surface area contributed by atoms with Crippen molar-refractivity contribution in [1.29, 1.82) is 0 Å². The first-order chi connectivity index (χ1) is 9.20. The van der Waals surface area contributed by atoms with Crippen molar-refractivity contribution in [1.82, 2.24) is 9.80 Å². The predicted molar refractivity (Wildman–Crippen MR) is 63.4 cm³/mol. The van der Waals surface area contributed by atoms with Crippen LogP contribution in [0.3, 0.4) is 0 Å². The smallest absolute Gasteiger partial charge is 0.480 e. The molecule has 0 heterocycles. The Kier molecular flexibility index (Phi) is 12.2. The second-order valence-corrected chi connectivity index (χ2v) is 4.00. The molecule has 0 aromatic rings. The Bertz CT molecular complexity index is 321. The number of carbonyl (C=O) groups is 4. The van der Waals surface area contributed by atoms with Gasteiger partial charge < -0.3 is 20.4 Å². The van der Waals surface area contributed by atoms with Crippen LogP contribution in [-0.4, -0.2) is 93.4 Å². The number of nitrogens with zero attached hydrogens (tertiary/aromatic N) is 2. The second-order valence-electron chi connectivity index (χ2n) is 4.00. The van der Waals surface area contributed by atoms with Crippen molar-refractivity contribution in [2.75, 3.05) is 39.3 Å². The largest absolute Gasteiger partial charge is 3.00 e. The van der Waals surface area contributed by atoms with Gasteiger partial charge in [0.2, 0.25) is 0 Å². The minimum Gasteiger partial charge on any atom is -0.480 e. The molecule has 0 saturated carbocycles. The predicted octanol–water partition coefficient (Wildman–Crippen LogP) is -2.07. The minimum absolute atomic E-state index is 0. The quantitative estimate of drug-likeness (QED) is 0.313. The van der Waals surface area contributed by atoms with Gasteiger partial charge in [0.15, 0.2) is 0 Å². The van der Waals surface area contributed by atoms with Crippen molar-refractivity contribution in [3.05, 3.63) is 0 Å². The molecule has 0 aliphatic carbocycles. The summed E-state index contributed by atoms with van der Waals surface area (Å²) in [6.45, 7) is -2.25. The van der Waals surface area contributed by atoms with E-state index in [4.69, 9.17) is 20.4 Å². The topological polar surface area (TPSA) is 156 Å². The average molecular weight is 381 g/mol. The van der Waals surface area contributed by atoms with Gasteiger partial charge in [0.1, 0.15) is 0 Å². The van der Waals surface area contributed by atoms with E-state index in [0.717, 1.165) is 9.80 Å². The molecule has 4 N–H and O–H groups in total. The molecule has 21 heavy (non-hydrogen) atoms. The monoisotopic (exact) mass is 381 g/mol. The maximum absolute atomic E-state index is 10.6. The van der Waals surface area contributed by atoms with E-state index in [-0.39, 0.29) is 45.8 Å². The van der Waals surface area contributed by atoms with Crippen LogP contribution in [0.5, 0.6) is 0 Å². The first kappa shape index (κ1) is 22.2. The molecule has 0 fully saturated rings. The van der Waals surface area contributed by atoms with Gasteiger partial charge in [0, 0.05) is 13.1 Å². The maximum atomic E-state index is 10.6. The molecular weight excluding hydrogens is 365 g/mol. The third-order valence-corrected chi connectivity index (χ3v) is 2.17. The average Bonchev–Trinajstić information content (AvgIpc) is 2.22. The summed E-state index contributed by atoms with van der Waals surface area (Å²) < 4.78 is 0. The molecule has 0 bridgehead atoms. The Morgan fingerprint density at radius 1 is 0.571 bits per heavy atom. The summed E-state index contributed by atoms with van der Waals surface area (Å²) in [5.41, 5.74) is 0. The molecule has 0 rings (SSSR count).